The van der Waals surface area contributed by atoms with Gasteiger partial charge in [0.15, 0.2) is 0 Å². The molecule has 0 aliphatic carbocycles. The van der Waals surface area contributed by atoms with Gasteiger partial charge in [0.1, 0.15) is 5.75 Å². The highest BCUT2D eigenvalue weighted by molar-refractivity contribution is 5.73. The van der Waals surface area contributed by atoms with Crippen LogP contribution >= 0.6 is 0 Å². The van der Waals surface area contributed by atoms with Crippen molar-refractivity contribution in [1.29, 1.82) is 0 Å². The van der Waals surface area contributed by atoms with Crippen LogP contribution in [0.1, 0.15) is 38.7 Å². The van der Waals surface area contributed by atoms with Crippen molar-refractivity contribution in [3.63, 3.8) is 0 Å². The van der Waals surface area contributed by atoms with Gasteiger partial charge in [0.2, 0.25) is 5.91 Å². The Labute approximate surface area is 115 Å². The van der Waals surface area contributed by atoms with E-state index >= 15 is 0 Å². The van der Waals surface area contributed by atoms with E-state index in [4.69, 9.17) is 10.5 Å². The Morgan fingerprint density at radius 1 is 1.32 bits per heavy atom. The summed E-state index contributed by atoms with van der Waals surface area (Å²) in [4.78, 5) is 10.6. The molecule has 0 aliphatic rings. The minimum atomic E-state index is -0.226. The molecule has 0 saturated carbocycles. The first-order valence-corrected chi connectivity index (χ1v) is 6.83. The van der Waals surface area contributed by atoms with Gasteiger partial charge >= 0.3 is 0 Å². The number of nitrogens with one attached hydrogen (secondary N) is 1. The van der Waals surface area contributed by atoms with E-state index in [-0.39, 0.29) is 12.0 Å². The van der Waals surface area contributed by atoms with Crippen molar-refractivity contribution in [1.82, 2.24) is 5.32 Å². The van der Waals surface area contributed by atoms with Gasteiger partial charge in [0.25, 0.3) is 0 Å². The number of benzene rings is 1. The van der Waals surface area contributed by atoms with E-state index in [9.17, 15) is 4.79 Å². The number of ether oxygens (including phenoxy) is 1. The minimum Gasteiger partial charge on any atom is -0.491 e. The third-order valence-corrected chi connectivity index (χ3v) is 2.68. The predicted molar refractivity (Wildman–Crippen MR) is 77.0 cm³/mol. The van der Waals surface area contributed by atoms with Gasteiger partial charge in [-0.15, -0.1) is 0 Å². The molecule has 0 unspecified atom stereocenters. The Hall–Kier alpha value is -1.55. The summed E-state index contributed by atoms with van der Waals surface area (Å²) in [6.45, 7) is 5.70. The van der Waals surface area contributed by atoms with E-state index in [1.54, 1.807) is 0 Å². The van der Waals surface area contributed by atoms with E-state index < -0.39 is 0 Å². The molecule has 0 fully saturated rings. The summed E-state index contributed by atoms with van der Waals surface area (Å²) < 4.78 is 5.75. The standard InChI is InChI=1S/C15H24N2O2/c1-12(2)19-14-8-4-3-7-13(14)11-17-10-6-5-9-15(16)18/h3-4,7-8,12,17H,5-6,9-11H2,1-2H3,(H2,16,18). The fraction of sp³-hybridized carbons (Fsp3) is 0.533. The van der Waals surface area contributed by atoms with Crippen LogP contribution in [0.25, 0.3) is 0 Å². The topological polar surface area (TPSA) is 64.3 Å². The fourth-order valence-electron chi connectivity index (χ4n) is 1.79. The van der Waals surface area contributed by atoms with Crippen LogP contribution in [0.2, 0.25) is 0 Å². The fourth-order valence-corrected chi connectivity index (χ4v) is 1.79. The van der Waals surface area contributed by atoms with Crippen LogP contribution < -0.4 is 15.8 Å². The van der Waals surface area contributed by atoms with Crippen LogP contribution in [0, 0.1) is 0 Å². The molecule has 106 valence electrons. The number of rotatable bonds is 9. The number of hydrogen-bond acceptors (Lipinski definition) is 3. The number of nitrogens with two attached hydrogens (primary N) is 1. The van der Waals surface area contributed by atoms with Gasteiger partial charge in [-0.25, -0.2) is 0 Å². The largest absolute Gasteiger partial charge is 0.491 e. The minimum absolute atomic E-state index is 0.178. The second kappa shape index (κ2) is 8.53. The van der Waals surface area contributed by atoms with E-state index in [0.717, 1.165) is 37.2 Å². The van der Waals surface area contributed by atoms with Gasteiger partial charge in [-0.3, -0.25) is 4.79 Å². The summed E-state index contributed by atoms with van der Waals surface area (Å²) in [6, 6.07) is 8.05. The molecule has 4 heteroatoms. The Morgan fingerprint density at radius 3 is 2.74 bits per heavy atom. The van der Waals surface area contributed by atoms with Crippen molar-refractivity contribution in [2.75, 3.05) is 6.54 Å². The lowest BCUT2D eigenvalue weighted by Crippen LogP contribution is -2.17. The molecule has 1 aromatic rings. The molecule has 0 aliphatic heterocycles. The van der Waals surface area contributed by atoms with E-state index in [0.29, 0.717) is 6.42 Å². The molecule has 3 N–H and O–H groups in total. The zero-order valence-corrected chi connectivity index (χ0v) is 11.8. The number of para-hydroxylation sites is 1. The molecular formula is C15H24N2O2. The average molecular weight is 264 g/mol. The average Bonchev–Trinajstić information content (AvgIpc) is 2.34. The third-order valence-electron chi connectivity index (χ3n) is 2.68. The summed E-state index contributed by atoms with van der Waals surface area (Å²) in [7, 11) is 0. The molecule has 19 heavy (non-hydrogen) atoms. The number of amides is 1. The Bertz CT molecular complexity index is 391. The molecule has 0 radical (unpaired) electrons. The maximum atomic E-state index is 10.6. The molecule has 0 heterocycles. The lowest BCUT2D eigenvalue weighted by Gasteiger charge is -2.14. The zero-order valence-electron chi connectivity index (χ0n) is 11.8. The van der Waals surface area contributed by atoms with Gasteiger partial charge in [-0.2, -0.15) is 0 Å². The van der Waals surface area contributed by atoms with Crippen molar-refractivity contribution >= 4 is 5.91 Å². The normalized spacial score (nSPS) is 10.7. The summed E-state index contributed by atoms with van der Waals surface area (Å²) in [5.74, 6) is 0.706. The van der Waals surface area contributed by atoms with E-state index in [2.05, 4.69) is 11.4 Å². The first-order chi connectivity index (χ1) is 9.09. The second-order valence-electron chi connectivity index (χ2n) is 4.87. The molecular weight excluding hydrogens is 240 g/mol. The number of carbonyl (C=O) groups is 1. The van der Waals surface area contributed by atoms with Gasteiger partial charge in [0.05, 0.1) is 6.10 Å². The van der Waals surface area contributed by atoms with Crippen LogP contribution in [-0.4, -0.2) is 18.6 Å². The Balaban J connectivity index is 2.30. The van der Waals surface area contributed by atoms with Crippen LogP contribution in [-0.2, 0) is 11.3 Å². The third kappa shape index (κ3) is 6.82. The first-order valence-electron chi connectivity index (χ1n) is 6.83. The van der Waals surface area contributed by atoms with Crippen molar-refractivity contribution in [2.45, 2.75) is 45.8 Å². The van der Waals surface area contributed by atoms with Crippen LogP contribution in [0.5, 0.6) is 5.75 Å². The van der Waals surface area contributed by atoms with Crippen molar-refractivity contribution in [3.8, 4) is 5.75 Å². The van der Waals surface area contributed by atoms with Gasteiger partial charge in [-0.1, -0.05) is 18.2 Å². The molecule has 1 amide bonds. The molecule has 0 saturated heterocycles. The van der Waals surface area contributed by atoms with Gasteiger partial charge < -0.3 is 15.8 Å². The SMILES string of the molecule is CC(C)Oc1ccccc1CNCCCCC(N)=O. The summed E-state index contributed by atoms with van der Waals surface area (Å²) in [6.07, 6.45) is 2.44. The van der Waals surface area contributed by atoms with Crippen LogP contribution in [0.3, 0.4) is 0 Å². The van der Waals surface area contributed by atoms with Gasteiger partial charge in [-0.05, 0) is 39.3 Å². The lowest BCUT2D eigenvalue weighted by molar-refractivity contribution is -0.118. The highest BCUT2D eigenvalue weighted by Crippen LogP contribution is 2.19. The molecule has 1 aromatic carbocycles. The summed E-state index contributed by atoms with van der Waals surface area (Å²) in [5, 5.41) is 3.36. The monoisotopic (exact) mass is 264 g/mol. The number of unbranched alkanes of at least 4 members (excludes halogenated alkanes) is 1. The van der Waals surface area contributed by atoms with Crippen molar-refractivity contribution in [2.24, 2.45) is 5.73 Å². The highest BCUT2D eigenvalue weighted by atomic mass is 16.5. The van der Waals surface area contributed by atoms with E-state index in [1.165, 1.54) is 0 Å². The molecule has 1 rings (SSSR count). The highest BCUT2D eigenvalue weighted by Gasteiger charge is 2.04. The molecule has 4 nitrogen and oxygen atoms in total. The maximum absolute atomic E-state index is 10.6. The Kier molecular flexibility index (Phi) is 6.97. The number of primary amides is 1. The van der Waals surface area contributed by atoms with Crippen LogP contribution in [0.4, 0.5) is 0 Å². The van der Waals surface area contributed by atoms with Crippen molar-refractivity contribution < 1.29 is 9.53 Å². The van der Waals surface area contributed by atoms with Gasteiger partial charge in [0, 0.05) is 18.5 Å². The van der Waals surface area contributed by atoms with E-state index in [1.807, 2.05) is 32.0 Å². The van der Waals surface area contributed by atoms with Crippen molar-refractivity contribution in [3.05, 3.63) is 29.8 Å². The summed E-state index contributed by atoms with van der Waals surface area (Å²) in [5.41, 5.74) is 6.25. The molecule has 0 atom stereocenters. The molecule has 0 spiro atoms. The number of carbonyl (C=O) groups excluding carboxylic acids is 1. The molecule has 0 aromatic heterocycles. The maximum Gasteiger partial charge on any atom is 0.217 e. The first kappa shape index (κ1) is 15.5. The molecule has 0 bridgehead atoms. The quantitative estimate of drug-likeness (QED) is 0.672. The zero-order chi connectivity index (χ0) is 14.1. The predicted octanol–water partition coefficient (Wildman–Crippen LogP) is 2.22. The van der Waals surface area contributed by atoms with Crippen LogP contribution in [0.15, 0.2) is 24.3 Å². The number of hydrogen-bond donors (Lipinski definition) is 2. The lowest BCUT2D eigenvalue weighted by atomic mass is 10.2. The second-order valence-corrected chi connectivity index (χ2v) is 4.87. The summed E-state index contributed by atoms with van der Waals surface area (Å²) >= 11 is 0. The Morgan fingerprint density at radius 2 is 2.05 bits per heavy atom. The smallest absolute Gasteiger partial charge is 0.217 e.